The number of benzene rings is 2. The molecule has 2 aromatic carbocycles. The van der Waals surface area contributed by atoms with E-state index >= 15 is 0 Å². The molecule has 2 N–H and O–H groups in total. The fourth-order valence-corrected chi connectivity index (χ4v) is 2.19. The van der Waals surface area contributed by atoms with Crippen LogP contribution in [0.25, 0.3) is 0 Å². The van der Waals surface area contributed by atoms with Crippen LogP contribution in [-0.2, 0) is 0 Å². The Morgan fingerprint density at radius 2 is 1.62 bits per heavy atom. The first kappa shape index (κ1) is 15.4. The minimum atomic E-state index is -0.202. The van der Waals surface area contributed by atoms with Gasteiger partial charge in [0.25, 0.3) is 0 Å². The zero-order valence-electron chi connectivity index (χ0n) is 12.9. The Labute approximate surface area is 126 Å². The van der Waals surface area contributed by atoms with E-state index in [2.05, 4.69) is 31.2 Å². The Kier molecular flexibility index (Phi) is 5.23. The van der Waals surface area contributed by atoms with E-state index in [4.69, 9.17) is 15.2 Å². The summed E-state index contributed by atoms with van der Waals surface area (Å²) in [6.07, 6.45) is -0.202. The van der Waals surface area contributed by atoms with E-state index in [1.165, 1.54) is 5.56 Å². The maximum atomic E-state index is 6.14. The number of nitrogens with two attached hydrogens (primary N) is 1. The Hall–Kier alpha value is -2.00. The Morgan fingerprint density at radius 1 is 1.00 bits per heavy atom. The van der Waals surface area contributed by atoms with Crippen molar-refractivity contribution in [1.82, 2.24) is 0 Å². The first-order chi connectivity index (χ1) is 10.1. The van der Waals surface area contributed by atoms with Crippen LogP contribution >= 0.6 is 0 Å². The Balaban J connectivity index is 2.26. The summed E-state index contributed by atoms with van der Waals surface area (Å²) in [5.41, 5.74) is 8.40. The quantitative estimate of drug-likeness (QED) is 0.876. The lowest BCUT2D eigenvalue weighted by molar-refractivity contribution is 0.170. The standard InChI is InChI=1S/C18H23NO2/c1-4-20-16-7-5-6-8-17(16)21-18(14(3)19)15-11-9-13(2)10-12-15/h5-12,14,18H,4,19H2,1-3H3. The lowest BCUT2D eigenvalue weighted by atomic mass is 10.0. The van der Waals surface area contributed by atoms with Gasteiger partial charge in [-0.05, 0) is 38.5 Å². The molecule has 0 aliphatic rings. The van der Waals surface area contributed by atoms with E-state index in [0.29, 0.717) is 6.61 Å². The molecule has 3 nitrogen and oxygen atoms in total. The largest absolute Gasteiger partial charge is 0.490 e. The van der Waals surface area contributed by atoms with Gasteiger partial charge in [0.2, 0.25) is 0 Å². The lowest BCUT2D eigenvalue weighted by Gasteiger charge is -2.24. The second-order valence-electron chi connectivity index (χ2n) is 5.19. The van der Waals surface area contributed by atoms with Gasteiger partial charge in [0.1, 0.15) is 6.10 Å². The van der Waals surface area contributed by atoms with Crippen LogP contribution in [0.3, 0.4) is 0 Å². The van der Waals surface area contributed by atoms with Crippen LogP contribution in [0.1, 0.15) is 31.1 Å². The topological polar surface area (TPSA) is 44.5 Å². The van der Waals surface area contributed by atoms with Crippen molar-refractivity contribution in [3.63, 3.8) is 0 Å². The molecule has 0 saturated heterocycles. The number of para-hydroxylation sites is 2. The summed E-state index contributed by atoms with van der Waals surface area (Å²) >= 11 is 0. The predicted molar refractivity (Wildman–Crippen MR) is 85.8 cm³/mol. The highest BCUT2D eigenvalue weighted by Crippen LogP contribution is 2.32. The molecule has 0 aliphatic carbocycles. The van der Waals surface area contributed by atoms with Crippen molar-refractivity contribution in [2.75, 3.05) is 6.61 Å². The molecule has 0 spiro atoms. The third kappa shape index (κ3) is 3.99. The van der Waals surface area contributed by atoms with Gasteiger partial charge < -0.3 is 15.2 Å². The van der Waals surface area contributed by atoms with Crippen molar-refractivity contribution in [2.45, 2.75) is 32.9 Å². The molecule has 21 heavy (non-hydrogen) atoms. The van der Waals surface area contributed by atoms with Crippen LogP contribution in [-0.4, -0.2) is 12.6 Å². The van der Waals surface area contributed by atoms with Crippen LogP contribution in [0.2, 0.25) is 0 Å². The zero-order valence-corrected chi connectivity index (χ0v) is 12.9. The monoisotopic (exact) mass is 285 g/mol. The van der Waals surface area contributed by atoms with Crippen molar-refractivity contribution in [1.29, 1.82) is 0 Å². The molecule has 0 saturated carbocycles. The van der Waals surface area contributed by atoms with Crippen LogP contribution in [0.5, 0.6) is 11.5 Å². The van der Waals surface area contributed by atoms with Crippen LogP contribution in [0.4, 0.5) is 0 Å². The summed E-state index contributed by atoms with van der Waals surface area (Å²) in [7, 11) is 0. The molecule has 0 amide bonds. The van der Waals surface area contributed by atoms with Crippen LogP contribution in [0.15, 0.2) is 48.5 Å². The van der Waals surface area contributed by atoms with Gasteiger partial charge in [-0.1, -0.05) is 42.0 Å². The van der Waals surface area contributed by atoms with Gasteiger partial charge in [-0.2, -0.15) is 0 Å². The maximum absolute atomic E-state index is 6.14. The molecule has 0 fully saturated rings. The molecule has 2 aromatic rings. The average molecular weight is 285 g/mol. The maximum Gasteiger partial charge on any atom is 0.162 e. The number of aryl methyl sites for hydroxylation is 1. The summed E-state index contributed by atoms with van der Waals surface area (Å²) in [5, 5.41) is 0. The highest BCUT2D eigenvalue weighted by atomic mass is 16.5. The first-order valence-electron chi connectivity index (χ1n) is 7.32. The SMILES string of the molecule is CCOc1ccccc1OC(c1ccc(C)cc1)C(C)N. The summed E-state index contributed by atoms with van der Waals surface area (Å²) in [6.45, 7) is 6.58. The smallest absolute Gasteiger partial charge is 0.162 e. The molecule has 0 heterocycles. The van der Waals surface area contributed by atoms with E-state index < -0.39 is 0 Å². The van der Waals surface area contributed by atoms with E-state index in [9.17, 15) is 0 Å². The average Bonchev–Trinajstić information content (AvgIpc) is 2.47. The van der Waals surface area contributed by atoms with E-state index in [1.54, 1.807) is 0 Å². The zero-order chi connectivity index (χ0) is 15.2. The highest BCUT2D eigenvalue weighted by Gasteiger charge is 2.19. The summed E-state index contributed by atoms with van der Waals surface area (Å²) in [5.74, 6) is 1.47. The fourth-order valence-electron chi connectivity index (χ4n) is 2.19. The van der Waals surface area contributed by atoms with Gasteiger partial charge in [-0.15, -0.1) is 0 Å². The molecule has 112 valence electrons. The predicted octanol–water partition coefficient (Wildman–Crippen LogP) is 3.86. The van der Waals surface area contributed by atoms with Gasteiger partial charge in [0.05, 0.1) is 6.61 Å². The lowest BCUT2D eigenvalue weighted by Crippen LogP contribution is -2.29. The minimum absolute atomic E-state index is 0.123. The first-order valence-corrected chi connectivity index (χ1v) is 7.32. The van der Waals surface area contributed by atoms with Crippen LogP contribution < -0.4 is 15.2 Å². The molecule has 0 radical (unpaired) electrons. The van der Waals surface area contributed by atoms with E-state index in [1.807, 2.05) is 38.1 Å². The molecule has 2 atom stereocenters. The molecule has 2 unspecified atom stereocenters. The number of ether oxygens (including phenoxy) is 2. The van der Waals surface area contributed by atoms with Gasteiger partial charge in [-0.3, -0.25) is 0 Å². The number of rotatable bonds is 6. The number of hydrogen-bond acceptors (Lipinski definition) is 3. The minimum Gasteiger partial charge on any atom is -0.490 e. The second kappa shape index (κ2) is 7.14. The Morgan fingerprint density at radius 3 is 2.19 bits per heavy atom. The summed E-state index contributed by atoms with van der Waals surface area (Å²) in [6, 6.07) is 15.8. The Bertz CT molecular complexity index is 564. The van der Waals surface area contributed by atoms with Crippen molar-refractivity contribution in [3.05, 3.63) is 59.7 Å². The van der Waals surface area contributed by atoms with Crippen molar-refractivity contribution in [2.24, 2.45) is 5.73 Å². The fraction of sp³-hybridized carbons (Fsp3) is 0.333. The van der Waals surface area contributed by atoms with Crippen LogP contribution in [0, 0.1) is 6.92 Å². The molecule has 2 rings (SSSR count). The third-order valence-corrected chi connectivity index (χ3v) is 3.29. The molecule has 3 heteroatoms. The third-order valence-electron chi connectivity index (χ3n) is 3.29. The second-order valence-corrected chi connectivity index (χ2v) is 5.19. The van der Waals surface area contributed by atoms with Gasteiger partial charge >= 0.3 is 0 Å². The molecule has 0 aromatic heterocycles. The van der Waals surface area contributed by atoms with Crippen molar-refractivity contribution < 1.29 is 9.47 Å². The molecule has 0 aliphatic heterocycles. The molecular formula is C18H23NO2. The van der Waals surface area contributed by atoms with Gasteiger partial charge in [-0.25, -0.2) is 0 Å². The van der Waals surface area contributed by atoms with Crippen molar-refractivity contribution >= 4 is 0 Å². The normalized spacial score (nSPS) is 13.5. The van der Waals surface area contributed by atoms with Gasteiger partial charge in [0, 0.05) is 6.04 Å². The van der Waals surface area contributed by atoms with E-state index in [-0.39, 0.29) is 12.1 Å². The molecule has 0 bridgehead atoms. The van der Waals surface area contributed by atoms with Gasteiger partial charge in [0.15, 0.2) is 11.5 Å². The summed E-state index contributed by atoms with van der Waals surface area (Å²) < 4.78 is 11.7. The van der Waals surface area contributed by atoms with E-state index in [0.717, 1.165) is 17.1 Å². The molecular weight excluding hydrogens is 262 g/mol. The van der Waals surface area contributed by atoms with Crippen molar-refractivity contribution in [3.8, 4) is 11.5 Å². The highest BCUT2D eigenvalue weighted by molar-refractivity contribution is 5.40. The number of hydrogen-bond donors (Lipinski definition) is 1. The summed E-state index contributed by atoms with van der Waals surface area (Å²) in [4.78, 5) is 0.